The maximum atomic E-state index is 13.5. The Morgan fingerprint density at radius 3 is 2.70 bits per heavy atom. The molecule has 156 valence electrons. The quantitative estimate of drug-likeness (QED) is 0.741. The Morgan fingerprint density at radius 2 is 2.00 bits per heavy atom. The van der Waals surface area contributed by atoms with Crippen molar-refractivity contribution < 1.29 is 14.3 Å². The van der Waals surface area contributed by atoms with E-state index in [1.54, 1.807) is 12.3 Å². The molecule has 2 heterocycles. The van der Waals surface area contributed by atoms with Crippen LogP contribution in [0.25, 0.3) is 0 Å². The summed E-state index contributed by atoms with van der Waals surface area (Å²) in [6.45, 7) is 2.58. The van der Waals surface area contributed by atoms with Gasteiger partial charge >= 0.3 is 0 Å². The van der Waals surface area contributed by atoms with E-state index in [0.29, 0.717) is 29.7 Å². The molecular formula is C24H27N3O3. The van der Waals surface area contributed by atoms with Gasteiger partial charge in [-0.05, 0) is 56.2 Å². The maximum absolute atomic E-state index is 13.5. The van der Waals surface area contributed by atoms with Crippen molar-refractivity contribution >= 4 is 5.91 Å². The summed E-state index contributed by atoms with van der Waals surface area (Å²) in [5.74, 6) is 1.22. The molecule has 1 aliphatic carbocycles. The van der Waals surface area contributed by atoms with Gasteiger partial charge in [-0.15, -0.1) is 0 Å². The highest BCUT2D eigenvalue weighted by Crippen LogP contribution is 2.38. The fourth-order valence-electron chi connectivity index (χ4n) is 4.33. The third kappa shape index (κ3) is 3.85. The molecule has 2 aromatic rings. The number of nitrogens with zero attached hydrogens (tertiary/aromatic N) is 3. The van der Waals surface area contributed by atoms with Crippen molar-refractivity contribution in [2.75, 3.05) is 13.7 Å². The first-order valence-electron chi connectivity index (χ1n) is 10.6. The summed E-state index contributed by atoms with van der Waals surface area (Å²) in [6.07, 6.45) is 6.56. The van der Waals surface area contributed by atoms with Crippen LogP contribution in [0.2, 0.25) is 0 Å². The molecule has 2 fully saturated rings. The predicted octanol–water partition coefficient (Wildman–Crippen LogP) is 4.30. The molecular weight excluding hydrogens is 378 g/mol. The Bertz CT molecular complexity index is 964. The summed E-state index contributed by atoms with van der Waals surface area (Å²) in [4.78, 5) is 19.7. The second-order valence-corrected chi connectivity index (χ2v) is 8.15. The molecule has 0 radical (unpaired) electrons. The number of carbonyl (C=O) groups is 1. The number of likely N-dealkylation sites (tertiary alicyclic amines) is 1. The first kappa shape index (κ1) is 20.2. The standard InChI is InChI=1S/C24H27N3O3/c1-16-10-11-19(30-23-22(29-2)18(14-25)12-13-26-23)15-27(16)24(28)21-9-4-3-8-20(21)17-6-5-7-17/h3-4,8-9,12-13,16-17,19H,5-7,10-11,15H2,1-2H3/t16-,19-/m1/s1. The second-order valence-electron chi connectivity index (χ2n) is 8.15. The van der Waals surface area contributed by atoms with Crippen LogP contribution in [0.1, 0.15) is 66.4 Å². The van der Waals surface area contributed by atoms with Crippen molar-refractivity contribution in [3.63, 3.8) is 0 Å². The minimum atomic E-state index is -0.198. The molecule has 1 aliphatic heterocycles. The molecule has 2 atom stereocenters. The van der Waals surface area contributed by atoms with E-state index in [4.69, 9.17) is 9.47 Å². The van der Waals surface area contributed by atoms with Gasteiger partial charge in [-0.25, -0.2) is 4.98 Å². The van der Waals surface area contributed by atoms with Gasteiger partial charge in [0.15, 0.2) is 5.75 Å². The normalized spacial score (nSPS) is 21.4. The van der Waals surface area contributed by atoms with Crippen molar-refractivity contribution in [2.24, 2.45) is 0 Å². The van der Waals surface area contributed by atoms with E-state index in [1.807, 2.05) is 23.1 Å². The molecule has 1 saturated heterocycles. The van der Waals surface area contributed by atoms with Crippen molar-refractivity contribution in [1.82, 2.24) is 9.88 Å². The van der Waals surface area contributed by atoms with E-state index in [0.717, 1.165) is 31.2 Å². The van der Waals surface area contributed by atoms with Crippen LogP contribution in [0.4, 0.5) is 0 Å². The Labute approximate surface area is 177 Å². The lowest BCUT2D eigenvalue weighted by molar-refractivity contribution is 0.0364. The fourth-order valence-corrected chi connectivity index (χ4v) is 4.33. The van der Waals surface area contributed by atoms with Crippen LogP contribution in [0.3, 0.4) is 0 Å². The first-order chi connectivity index (χ1) is 14.6. The van der Waals surface area contributed by atoms with Crippen LogP contribution in [-0.4, -0.2) is 41.6 Å². The van der Waals surface area contributed by atoms with Crippen molar-refractivity contribution in [3.8, 4) is 17.7 Å². The molecule has 1 aromatic carbocycles. The zero-order valence-corrected chi connectivity index (χ0v) is 17.5. The molecule has 1 saturated carbocycles. The molecule has 0 spiro atoms. The third-order valence-corrected chi connectivity index (χ3v) is 6.31. The minimum absolute atomic E-state index is 0.0731. The number of methoxy groups -OCH3 is 1. The molecule has 2 aliphatic rings. The molecule has 30 heavy (non-hydrogen) atoms. The summed E-state index contributed by atoms with van der Waals surface area (Å²) in [5.41, 5.74) is 2.37. The van der Waals surface area contributed by atoms with Crippen LogP contribution in [-0.2, 0) is 0 Å². The van der Waals surface area contributed by atoms with Crippen LogP contribution in [0.15, 0.2) is 36.5 Å². The van der Waals surface area contributed by atoms with Gasteiger partial charge in [0.2, 0.25) is 0 Å². The number of hydrogen-bond acceptors (Lipinski definition) is 5. The van der Waals surface area contributed by atoms with Crippen LogP contribution in [0, 0.1) is 11.3 Å². The van der Waals surface area contributed by atoms with E-state index < -0.39 is 0 Å². The maximum Gasteiger partial charge on any atom is 0.258 e. The number of nitriles is 1. The molecule has 0 bridgehead atoms. The van der Waals surface area contributed by atoms with Gasteiger partial charge < -0.3 is 14.4 Å². The Kier molecular flexibility index (Phi) is 5.89. The summed E-state index contributed by atoms with van der Waals surface area (Å²) in [5, 5.41) is 9.29. The number of amides is 1. The number of carbonyl (C=O) groups excluding carboxylic acids is 1. The van der Waals surface area contributed by atoms with Gasteiger partial charge in [0.1, 0.15) is 17.7 Å². The van der Waals surface area contributed by atoms with Gasteiger partial charge in [0.05, 0.1) is 13.7 Å². The average molecular weight is 405 g/mol. The molecule has 4 rings (SSSR count). The fraction of sp³-hybridized carbons (Fsp3) is 0.458. The second kappa shape index (κ2) is 8.74. The van der Waals surface area contributed by atoms with Crippen molar-refractivity contribution in [3.05, 3.63) is 53.2 Å². The van der Waals surface area contributed by atoms with Gasteiger partial charge in [-0.2, -0.15) is 5.26 Å². The highest BCUT2D eigenvalue weighted by Gasteiger charge is 2.33. The van der Waals surface area contributed by atoms with Gasteiger partial charge in [0.25, 0.3) is 11.8 Å². The molecule has 0 unspecified atom stereocenters. The van der Waals surface area contributed by atoms with Crippen molar-refractivity contribution in [1.29, 1.82) is 5.26 Å². The van der Waals surface area contributed by atoms with E-state index >= 15 is 0 Å². The molecule has 6 nitrogen and oxygen atoms in total. The first-order valence-corrected chi connectivity index (χ1v) is 10.6. The zero-order valence-electron chi connectivity index (χ0n) is 17.5. The number of piperidine rings is 1. The lowest BCUT2D eigenvalue weighted by Gasteiger charge is -2.38. The number of benzene rings is 1. The predicted molar refractivity (Wildman–Crippen MR) is 113 cm³/mol. The van der Waals surface area contributed by atoms with Crippen LogP contribution < -0.4 is 9.47 Å². The summed E-state index contributed by atoms with van der Waals surface area (Å²) < 4.78 is 11.5. The molecule has 1 amide bonds. The minimum Gasteiger partial charge on any atom is -0.490 e. The summed E-state index contributed by atoms with van der Waals surface area (Å²) >= 11 is 0. The molecule has 1 aromatic heterocycles. The van der Waals surface area contributed by atoms with Gasteiger partial charge in [0, 0.05) is 17.8 Å². The summed E-state index contributed by atoms with van der Waals surface area (Å²) in [7, 11) is 1.50. The number of rotatable bonds is 5. The third-order valence-electron chi connectivity index (χ3n) is 6.31. The Balaban J connectivity index is 1.54. The van der Waals surface area contributed by atoms with E-state index in [-0.39, 0.29) is 18.1 Å². The highest BCUT2D eigenvalue weighted by atomic mass is 16.5. The topological polar surface area (TPSA) is 75.5 Å². The number of ether oxygens (including phenoxy) is 2. The average Bonchev–Trinajstić information content (AvgIpc) is 2.73. The number of aromatic nitrogens is 1. The van der Waals surface area contributed by atoms with Crippen LogP contribution in [0.5, 0.6) is 11.6 Å². The Morgan fingerprint density at radius 1 is 1.20 bits per heavy atom. The van der Waals surface area contributed by atoms with E-state index in [2.05, 4.69) is 24.0 Å². The van der Waals surface area contributed by atoms with E-state index in [9.17, 15) is 10.1 Å². The highest BCUT2D eigenvalue weighted by molar-refractivity contribution is 5.96. The number of hydrogen-bond donors (Lipinski definition) is 0. The summed E-state index contributed by atoms with van der Waals surface area (Å²) in [6, 6.07) is 11.9. The monoisotopic (exact) mass is 405 g/mol. The molecule has 0 N–H and O–H groups in total. The largest absolute Gasteiger partial charge is 0.490 e. The van der Waals surface area contributed by atoms with Crippen LogP contribution >= 0.6 is 0 Å². The zero-order chi connectivity index (χ0) is 21.1. The lowest BCUT2D eigenvalue weighted by Crippen LogP contribution is -2.49. The molecule has 6 heteroatoms. The van der Waals surface area contributed by atoms with Gasteiger partial charge in [-0.3, -0.25) is 4.79 Å². The lowest BCUT2D eigenvalue weighted by atomic mass is 9.78. The van der Waals surface area contributed by atoms with Crippen molar-refractivity contribution in [2.45, 2.75) is 57.1 Å². The smallest absolute Gasteiger partial charge is 0.258 e. The number of pyridine rings is 1. The van der Waals surface area contributed by atoms with Gasteiger partial charge in [-0.1, -0.05) is 24.6 Å². The van der Waals surface area contributed by atoms with E-state index in [1.165, 1.54) is 19.1 Å². The SMILES string of the molecule is COc1c(C#N)ccnc1O[C@@H]1CC[C@@H](C)N(C(=O)c2ccccc2C2CCC2)C1. The Hall–Kier alpha value is -3.07.